The molecule has 2 aliphatic rings. The van der Waals surface area contributed by atoms with Gasteiger partial charge in [-0.25, -0.2) is 0 Å². The summed E-state index contributed by atoms with van der Waals surface area (Å²) in [6.45, 7) is 2.87. The van der Waals surface area contributed by atoms with Crippen LogP contribution in [0.2, 0.25) is 10.0 Å². The van der Waals surface area contributed by atoms with Gasteiger partial charge >= 0.3 is 0 Å². The summed E-state index contributed by atoms with van der Waals surface area (Å²) in [7, 11) is 1.59. The molecule has 1 radical (unpaired) electrons. The van der Waals surface area contributed by atoms with Gasteiger partial charge in [0.05, 0.1) is 18.7 Å². The third-order valence-corrected chi connectivity index (χ3v) is 5.45. The molecule has 0 unspecified atom stereocenters. The van der Waals surface area contributed by atoms with Gasteiger partial charge in [0.15, 0.2) is 11.5 Å². The molecular formula is C20H26Cl2NO2. The zero-order valence-corrected chi connectivity index (χ0v) is 16.3. The molecule has 1 fully saturated rings. The van der Waals surface area contributed by atoms with Crippen LogP contribution in [-0.4, -0.2) is 31.7 Å². The highest BCUT2D eigenvalue weighted by Gasteiger charge is 2.26. The second kappa shape index (κ2) is 9.16. The van der Waals surface area contributed by atoms with Crippen molar-refractivity contribution in [2.45, 2.75) is 44.9 Å². The molecule has 1 aliphatic carbocycles. The molecule has 1 aromatic rings. The normalized spacial score (nSPS) is 19.1. The Morgan fingerprint density at radius 2 is 2.00 bits per heavy atom. The zero-order chi connectivity index (χ0) is 17.6. The van der Waals surface area contributed by atoms with Gasteiger partial charge in [-0.2, -0.15) is 0 Å². The second-order valence-electron chi connectivity index (χ2n) is 6.72. The van der Waals surface area contributed by atoms with Gasteiger partial charge in [0.2, 0.25) is 0 Å². The molecule has 0 amide bonds. The lowest BCUT2D eigenvalue weighted by Gasteiger charge is -2.26. The Hall–Kier alpha value is -0.900. The Bertz CT molecular complexity index is 618. The predicted octanol–water partition coefficient (Wildman–Crippen LogP) is 5.90. The van der Waals surface area contributed by atoms with Crippen LogP contribution in [0.15, 0.2) is 23.8 Å². The average molecular weight is 383 g/mol. The first-order valence-electron chi connectivity index (χ1n) is 9.11. The third kappa shape index (κ3) is 5.06. The molecule has 1 aliphatic heterocycles. The molecule has 5 heteroatoms. The summed E-state index contributed by atoms with van der Waals surface area (Å²) in [5.41, 5.74) is 1.61. The van der Waals surface area contributed by atoms with Crippen molar-refractivity contribution in [1.29, 1.82) is 0 Å². The van der Waals surface area contributed by atoms with Crippen molar-refractivity contribution in [3.05, 3.63) is 39.9 Å². The van der Waals surface area contributed by atoms with E-state index in [-0.39, 0.29) is 0 Å². The second-order valence-corrected chi connectivity index (χ2v) is 7.56. The van der Waals surface area contributed by atoms with Gasteiger partial charge in [-0.3, -0.25) is 4.90 Å². The van der Waals surface area contributed by atoms with Crippen molar-refractivity contribution in [3.63, 3.8) is 0 Å². The van der Waals surface area contributed by atoms with Gasteiger partial charge in [0.1, 0.15) is 0 Å². The van der Waals surface area contributed by atoms with Crippen LogP contribution < -0.4 is 9.47 Å². The number of benzene rings is 1. The molecule has 3 rings (SSSR count). The number of hydrogen-bond acceptors (Lipinski definition) is 3. The molecule has 1 heterocycles. The van der Waals surface area contributed by atoms with E-state index >= 15 is 0 Å². The summed E-state index contributed by atoms with van der Waals surface area (Å²) in [6.07, 6.45) is 11.0. The zero-order valence-electron chi connectivity index (χ0n) is 14.8. The standard InChI is InChI=1S/C20H26Cl2NO2/c1-24-20-18(22)12-16(21)13-19(20)25-11-9-17-8-5-10-23(17)14-15-6-3-2-4-7-15/h6,12-13H,2-5,7-11,14H2,1H3. The minimum atomic E-state index is 0.476. The van der Waals surface area contributed by atoms with E-state index in [0.29, 0.717) is 28.2 Å². The highest BCUT2D eigenvalue weighted by atomic mass is 35.5. The first-order chi connectivity index (χ1) is 12.2. The van der Waals surface area contributed by atoms with Crippen LogP contribution in [0.4, 0.5) is 0 Å². The number of hydrogen-bond donors (Lipinski definition) is 0. The number of allylic oxidation sites excluding steroid dienone is 1. The van der Waals surface area contributed by atoms with E-state index in [2.05, 4.69) is 11.0 Å². The topological polar surface area (TPSA) is 21.7 Å². The maximum Gasteiger partial charge on any atom is 0.179 e. The molecule has 0 aromatic heterocycles. The Labute approximate surface area is 160 Å². The molecule has 0 N–H and O–H groups in total. The lowest BCUT2D eigenvalue weighted by Crippen LogP contribution is -2.27. The molecule has 25 heavy (non-hydrogen) atoms. The van der Waals surface area contributed by atoms with Gasteiger partial charge < -0.3 is 9.47 Å². The summed E-state index contributed by atoms with van der Waals surface area (Å²) >= 11 is 12.2. The van der Waals surface area contributed by atoms with Crippen molar-refractivity contribution in [1.82, 2.24) is 4.90 Å². The number of rotatable bonds is 7. The Morgan fingerprint density at radius 1 is 1.12 bits per heavy atom. The molecule has 1 saturated heterocycles. The fraction of sp³-hybridized carbons (Fsp3) is 0.550. The first kappa shape index (κ1) is 18.9. The van der Waals surface area contributed by atoms with E-state index < -0.39 is 0 Å². The SMILES string of the molecule is COc1c(Cl)cc(Cl)cc1OCC[C]1CCCN1CC1=CCCCC1. The van der Waals surface area contributed by atoms with Gasteiger partial charge in [0, 0.05) is 30.1 Å². The summed E-state index contributed by atoms with van der Waals surface area (Å²) < 4.78 is 11.3. The molecule has 0 saturated carbocycles. The van der Waals surface area contributed by atoms with Gasteiger partial charge in [-0.15, -0.1) is 0 Å². The van der Waals surface area contributed by atoms with Crippen LogP contribution >= 0.6 is 23.2 Å². The van der Waals surface area contributed by atoms with E-state index in [4.69, 9.17) is 32.7 Å². The third-order valence-electron chi connectivity index (χ3n) is 4.95. The van der Waals surface area contributed by atoms with Gasteiger partial charge in [-0.1, -0.05) is 34.9 Å². The van der Waals surface area contributed by atoms with Crippen molar-refractivity contribution >= 4 is 23.2 Å². The lowest BCUT2D eigenvalue weighted by molar-refractivity contribution is 0.261. The van der Waals surface area contributed by atoms with Gasteiger partial charge in [-0.05, 0) is 51.1 Å². The fourth-order valence-corrected chi connectivity index (χ4v) is 4.23. The van der Waals surface area contributed by atoms with Gasteiger partial charge in [0.25, 0.3) is 0 Å². The summed E-state index contributed by atoms with van der Waals surface area (Å²) in [5.74, 6) is 1.16. The number of halogens is 2. The van der Waals surface area contributed by atoms with Crippen LogP contribution in [0.5, 0.6) is 11.5 Å². The van der Waals surface area contributed by atoms with E-state index in [1.165, 1.54) is 51.1 Å². The van der Waals surface area contributed by atoms with Crippen molar-refractivity contribution < 1.29 is 9.47 Å². The van der Waals surface area contributed by atoms with Crippen LogP contribution in [0.1, 0.15) is 44.9 Å². The number of likely N-dealkylation sites (tertiary alicyclic amines) is 1. The highest BCUT2D eigenvalue weighted by Crippen LogP contribution is 2.38. The molecule has 0 atom stereocenters. The summed E-state index contributed by atoms with van der Waals surface area (Å²) in [5, 5.41) is 1.03. The Balaban J connectivity index is 1.53. The Kier molecular flexibility index (Phi) is 6.92. The summed E-state index contributed by atoms with van der Waals surface area (Å²) in [6, 6.07) is 4.93. The number of ether oxygens (including phenoxy) is 2. The van der Waals surface area contributed by atoms with Crippen molar-refractivity contribution in [2.24, 2.45) is 0 Å². The van der Waals surface area contributed by atoms with Crippen molar-refractivity contribution in [3.8, 4) is 11.5 Å². The smallest absolute Gasteiger partial charge is 0.179 e. The van der Waals surface area contributed by atoms with E-state index in [1.807, 2.05) is 0 Å². The molecule has 0 bridgehead atoms. The van der Waals surface area contributed by atoms with E-state index in [9.17, 15) is 0 Å². The summed E-state index contributed by atoms with van der Waals surface area (Å²) in [4.78, 5) is 2.54. The number of methoxy groups -OCH3 is 1. The predicted molar refractivity (Wildman–Crippen MR) is 104 cm³/mol. The van der Waals surface area contributed by atoms with Crippen molar-refractivity contribution in [2.75, 3.05) is 26.8 Å². The molecule has 0 spiro atoms. The maximum absolute atomic E-state index is 6.16. The molecule has 137 valence electrons. The molecule has 3 nitrogen and oxygen atoms in total. The fourth-order valence-electron chi connectivity index (χ4n) is 3.68. The van der Waals surface area contributed by atoms with Crippen LogP contribution in [0, 0.1) is 6.04 Å². The quantitative estimate of drug-likeness (QED) is 0.547. The Morgan fingerprint density at radius 3 is 2.76 bits per heavy atom. The average Bonchev–Trinajstić information content (AvgIpc) is 3.02. The maximum atomic E-state index is 6.16. The monoisotopic (exact) mass is 382 g/mol. The first-order valence-corrected chi connectivity index (χ1v) is 9.86. The van der Waals surface area contributed by atoms with E-state index in [1.54, 1.807) is 24.8 Å². The highest BCUT2D eigenvalue weighted by molar-refractivity contribution is 6.35. The minimum absolute atomic E-state index is 0.476. The van der Waals surface area contributed by atoms with Crippen LogP contribution in [0.3, 0.4) is 0 Å². The molecule has 1 aromatic carbocycles. The van der Waals surface area contributed by atoms with Crippen LogP contribution in [-0.2, 0) is 0 Å². The minimum Gasteiger partial charge on any atom is -0.491 e. The molecular weight excluding hydrogens is 357 g/mol. The number of nitrogens with zero attached hydrogens (tertiary/aromatic N) is 1. The largest absolute Gasteiger partial charge is 0.491 e. The lowest BCUT2D eigenvalue weighted by atomic mass is 9.99. The van der Waals surface area contributed by atoms with Crippen LogP contribution in [0.25, 0.3) is 0 Å². The van der Waals surface area contributed by atoms with E-state index in [0.717, 1.165) is 13.0 Å².